The third-order valence-corrected chi connectivity index (χ3v) is 14.3. The van der Waals surface area contributed by atoms with Crippen LogP contribution in [-0.4, -0.2) is 43.7 Å². The Bertz CT molecular complexity index is 1890. The van der Waals surface area contributed by atoms with Crippen LogP contribution in [0.25, 0.3) is 11.8 Å². The standard InChI is InChI=1S/C40H41Cl2N3O3Si/c1-40(2,3)49(32-14-8-6-9-15-32,33-16-10-7-11-17-33)48-28-34-35(41)23-24-36(38(34)42)45-26-12-13-31(45)27-43-37(46)25-20-29-18-21-30(22-19-29)39(47)44(4)5/h6-26H,27-28H2,1-5H3,(H,43,46)/b25-20+. The Balaban J connectivity index is 1.36. The SMILES string of the molecule is CN(C)C(=O)c1ccc(/C=C/C(=O)NCc2cccn2-c2ccc(Cl)c(CO[Si](c3ccccc3)(c3ccccc3)C(C)(C)C)c2Cl)cc1. The molecule has 0 atom stereocenters. The minimum absolute atomic E-state index is 0.0732. The molecule has 6 nitrogen and oxygen atoms in total. The van der Waals surface area contributed by atoms with Crippen molar-refractivity contribution in [1.29, 1.82) is 0 Å². The van der Waals surface area contributed by atoms with E-state index in [1.165, 1.54) is 21.3 Å². The summed E-state index contributed by atoms with van der Waals surface area (Å²) in [7, 11) is 0.585. The Morgan fingerprint density at radius 2 is 1.45 bits per heavy atom. The van der Waals surface area contributed by atoms with Gasteiger partial charge in [-0.1, -0.05) is 117 Å². The maximum Gasteiger partial charge on any atom is 0.261 e. The Hall–Kier alpha value is -4.40. The van der Waals surface area contributed by atoms with E-state index in [0.717, 1.165) is 16.9 Å². The van der Waals surface area contributed by atoms with Gasteiger partial charge in [0, 0.05) is 48.2 Å². The van der Waals surface area contributed by atoms with Crippen molar-refractivity contribution in [3.8, 4) is 5.69 Å². The first kappa shape index (κ1) is 35.9. The first-order valence-electron chi connectivity index (χ1n) is 16.1. The van der Waals surface area contributed by atoms with E-state index in [-0.39, 0.29) is 30.0 Å². The largest absolute Gasteiger partial charge is 0.403 e. The molecule has 0 aliphatic heterocycles. The van der Waals surface area contributed by atoms with Gasteiger partial charge < -0.3 is 19.2 Å². The molecule has 0 saturated heterocycles. The number of amides is 2. The van der Waals surface area contributed by atoms with E-state index in [0.29, 0.717) is 21.2 Å². The van der Waals surface area contributed by atoms with Crippen molar-refractivity contribution in [3.63, 3.8) is 0 Å². The maximum atomic E-state index is 12.8. The van der Waals surface area contributed by atoms with Gasteiger partial charge in [0.1, 0.15) is 0 Å². The fraction of sp³-hybridized carbons (Fsp3) is 0.200. The number of aromatic nitrogens is 1. The van der Waals surface area contributed by atoms with Gasteiger partial charge in [-0.15, -0.1) is 0 Å². The van der Waals surface area contributed by atoms with E-state index in [1.54, 1.807) is 32.3 Å². The molecule has 4 aromatic carbocycles. The second kappa shape index (κ2) is 15.4. The average molecular weight is 711 g/mol. The fourth-order valence-corrected chi connectivity index (χ4v) is 11.1. The van der Waals surface area contributed by atoms with E-state index < -0.39 is 8.32 Å². The van der Waals surface area contributed by atoms with Gasteiger partial charge in [-0.05, 0) is 63.4 Å². The molecule has 5 rings (SSSR count). The van der Waals surface area contributed by atoms with Crippen molar-refractivity contribution < 1.29 is 14.0 Å². The average Bonchev–Trinajstić information content (AvgIpc) is 3.56. The van der Waals surface area contributed by atoms with Gasteiger partial charge >= 0.3 is 0 Å². The molecule has 2 amide bonds. The second-order valence-corrected chi connectivity index (χ2v) is 18.1. The Labute approximate surface area is 300 Å². The molecule has 0 unspecified atom stereocenters. The van der Waals surface area contributed by atoms with Crippen LogP contribution in [0.4, 0.5) is 0 Å². The first-order valence-corrected chi connectivity index (χ1v) is 18.7. The molecule has 0 spiro atoms. The molecular weight excluding hydrogens is 669 g/mol. The van der Waals surface area contributed by atoms with Crippen molar-refractivity contribution in [2.45, 2.75) is 39.0 Å². The summed E-state index contributed by atoms with van der Waals surface area (Å²) in [6, 6.07) is 35.6. The predicted molar refractivity (Wildman–Crippen MR) is 204 cm³/mol. The minimum atomic E-state index is -2.84. The van der Waals surface area contributed by atoms with Gasteiger partial charge in [0.15, 0.2) is 0 Å². The van der Waals surface area contributed by atoms with Gasteiger partial charge in [0.05, 0.1) is 23.9 Å². The number of benzene rings is 4. The lowest BCUT2D eigenvalue weighted by molar-refractivity contribution is -0.116. The van der Waals surface area contributed by atoms with Crippen LogP contribution in [0.2, 0.25) is 15.1 Å². The fourth-order valence-electron chi connectivity index (χ4n) is 6.04. The number of rotatable bonds is 11. The highest BCUT2D eigenvalue weighted by Gasteiger charge is 2.50. The Morgan fingerprint density at radius 3 is 2.02 bits per heavy atom. The van der Waals surface area contributed by atoms with Crippen molar-refractivity contribution in [3.05, 3.63) is 154 Å². The molecule has 0 saturated carbocycles. The molecule has 1 N–H and O–H groups in total. The lowest BCUT2D eigenvalue weighted by Crippen LogP contribution is -2.66. The van der Waals surface area contributed by atoms with Crippen LogP contribution >= 0.6 is 23.2 Å². The summed E-state index contributed by atoms with van der Waals surface area (Å²) in [4.78, 5) is 26.4. The van der Waals surface area contributed by atoms with Crippen LogP contribution in [-0.2, 0) is 22.4 Å². The lowest BCUT2D eigenvalue weighted by Gasteiger charge is -2.43. The molecule has 0 aliphatic rings. The number of halogens is 2. The topological polar surface area (TPSA) is 63.6 Å². The number of nitrogens with one attached hydrogen (secondary N) is 1. The molecule has 49 heavy (non-hydrogen) atoms. The van der Waals surface area contributed by atoms with Gasteiger partial charge in [0.2, 0.25) is 5.91 Å². The molecule has 0 bridgehead atoms. The summed E-state index contributed by atoms with van der Waals surface area (Å²) < 4.78 is 9.12. The second-order valence-electron chi connectivity index (χ2n) is 13.1. The van der Waals surface area contributed by atoms with E-state index >= 15 is 0 Å². The molecule has 0 radical (unpaired) electrons. The summed E-state index contributed by atoms with van der Waals surface area (Å²) in [5, 5.41) is 6.11. The van der Waals surface area contributed by atoms with E-state index in [2.05, 4.69) is 74.6 Å². The summed E-state index contributed by atoms with van der Waals surface area (Å²) in [6.07, 6.45) is 5.11. The number of nitrogens with zero attached hydrogens (tertiary/aromatic N) is 2. The smallest absolute Gasteiger partial charge is 0.261 e. The van der Waals surface area contributed by atoms with Crippen LogP contribution < -0.4 is 15.7 Å². The molecule has 5 aromatic rings. The Kier molecular flexibility index (Phi) is 11.3. The molecule has 0 fully saturated rings. The van der Waals surface area contributed by atoms with E-state index in [4.69, 9.17) is 27.6 Å². The number of hydrogen-bond donors (Lipinski definition) is 1. The summed E-state index contributed by atoms with van der Waals surface area (Å²) >= 11 is 14.0. The zero-order valence-corrected chi connectivity index (χ0v) is 30.9. The van der Waals surface area contributed by atoms with Crippen molar-refractivity contribution in [1.82, 2.24) is 14.8 Å². The maximum absolute atomic E-state index is 12.8. The highest BCUT2D eigenvalue weighted by atomic mass is 35.5. The van der Waals surface area contributed by atoms with Crippen LogP contribution in [0.1, 0.15) is 48.0 Å². The Morgan fingerprint density at radius 1 is 0.837 bits per heavy atom. The highest BCUT2D eigenvalue weighted by molar-refractivity contribution is 6.99. The van der Waals surface area contributed by atoms with Crippen molar-refractivity contribution in [2.24, 2.45) is 0 Å². The molecule has 252 valence electrons. The summed E-state index contributed by atoms with van der Waals surface area (Å²) in [6.45, 7) is 7.20. The molecule has 1 aromatic heterocycles. The van der Waals surface area contributed by atoms with E-state index in [9.17, 15) is 9.59 Å². The lowest BCUT2D eigenvalue weighted by atomic mass is 10.1. The number of carbonyl (C=O) groups is 2. The normalized spacial score (nSPS) is 11.9. The molecule has 1 heterocycles. The van der Waals surface area contributed by atoms with Gasteiger partial charge in [0.25, 0.3) is 14.2 Å². The van der Waals surface area contributed by atoms with Crippen molar-refractivity contribution in [2.75, 3.05) is 14.1 Å². The predicted octanol–water partition coefficient (Wildman–Crippen LogP) is 7.89. The highest BCUT2D eigenvalue weighted by Crippen LogP contribution is 2.39. The van der Waals surface area contributed by atoms with Crippen LogP contribution in [0.5, 0.6) is 0 Å². The zero-order valence-electron chi connectivity index (χ0n) is 28.4. The third-order valence-electron chi connectivity index (χ3n) is 8.54. The van der Waals surface area contributed by atoms with Gasteiger partial charge in [-0.3, -0.25) is 9.59 Å². The summed E-state index contributed by atoms with van der Waals surface area (Å²) in [5.41, 5.74) is 3.69. The molecule has 9 heteroatoms. The summed E-state index contributed by atoms with van der Waals surface area (Å²) in [5.74, 6) is -0.321. The first-order chi connectivity index (χ1) is 23.4. The van der Waals surface area contributed by atoms with Crippen molar-refractivity contribution >= 4 is 59.8 Å². The molecular formula is C40H41Cl2N3O3Si. The minimum Gasteiger partial charge on any atom is -0.403 e. The van der Waals surface area contributed by atoms with Crippen LogP contribution in [0.15, 0.2) is 121 Å². The third kappa shape index (κ3) is 7.92. The quantitative estimate of drug-likeness (QED) is 0.112. The zero-order chi connectivity index (χ0) is 35.2. The number of carbonyl (C=O) groups excluding carboxylic acids is 2. The van der Waals surface area contributed by atoms with Gasteiger partial charge in [-0.2, -0.15) is 0 Å². The van der Waals surface area contributed by atoms with Crippen LogP contribution in [0.3, 0.4) is 0 Å². The molecule has 0 aliphatic carbocycles. The van der Waals surface area contributed by atoms with Crippen LogP contribution in [0, 0.1) is 0 Å². The number of hydrogen-bond acceptors (Lipinski definition) is 3. The van der Waals surface area contributed by atoms with Gasteiger partial charge in [-0.25, -0.2) is 0 Å². The van der Waals surface area contributed by atoms with E-state index in [1.807, 2.05) is 59.3 Å². The monoisotopic (exact) mass is 709 g/mol.